The molecule has 1 N–H and O–H groups in total. The van der Waals surface area contributed by atoms with E-state index in [4.69, 9.17) is 0 Å². The molecule has 2 rings (SSSR count). The zero-order valence-corrected chi connectivity index (χ0v) is 12.4. The Morgan fingerprint density at radius 3 is 2.42 bits per heavy atom. The molecule has 2 aromatic rings. The summed E-state index contributed by atoms with van der Waals surface area (Å²) in [6.45, 7) is 0. The second-order valence-corrected chi connectivity index (χ2v) is 5.21. The number of hydrogen-bond acceptors (Lipinski definition) is 2. The first-order valence-corrected chi connectivity index (χ1v) is 6.64. The molecule has 19 heavy (non-hydrogen) atoms. The minimum atomic E-state index is -0.861. The van der Waals surface area contributed by atoms with Crippen LogP contribution in [0.5, 0.6) is 0 Å². The van der Waals surface area contributed by atoms with Gasteiger partial charge in [-0.25, -0.2) is 13.8 Å². The second kappa shape index (κ2) is 5.75. The molecule has 1 aromatic carbocycles. The van der Waals surface area contributed by atoms with Crippen LogP contribution in [0, 0.1) is 11.6 Å². The number of nitrogens with zero attached hydrogens (tertiary/aromatic N) is 1. The van der Waals surface area contributed by atoms with Gasteiger partial charge in [-0.1, -0.05) is 15.9 Å². The molecule has 0 aliphatic carbocycles. The van der Waals surface area contributed by atoms with Crippen LogP contribution in [0.3, 0.4) is 0 Å². The first-order valence-electron chi connectivity index (χ1n) is 5.05. The summed E-state index contributed by atoms with van der Waals surface area (Å²) < 4.78 is 27.7. The van der Waals surface area contributed by atoms with Crippen molar-refractivity contribution >= 4 is 43.5 Å². The van der Waals surface area contributed by atoms with Crippen LogP contribution in [0.4, 0.5) is 14.5 Å². The first-order chi connectivity index (χ1) is 8.99. The van der Waals surface area contributed by atoms with Gasteiger partial charge in [0.05, 0.1) is 5.56 Å². The third-order valence-electron chi connectivity index (χ3n) is 2.25. The molecule has 1 amide bonds. The summed E-state index contributed by atoms with van der Waals surface area (Å²) in [5.41, 5.74) is -0.312. The highest BCUT2D eigenvalue weighted by Gasteiger charge is 2.16. The smallest absolute Gasteiger partial charge is 0.258 e. The van der Waals surface area contributed by atoms with Gasteiger partial charge in [0.15, 0.2) is 11.6 Å². The average molecular weight is 392 g/mol. The van der Waals surface area contributed by atoms with Gasteiger partial charge < -0.3 is 5.32 Å². The van der Waals surface area contributed by atoms with Crippen LogP contribution < -0.4 is 5.32 Å². The van der Waals surface area contributed by atoms with E-state index >= 15 is 0 Å². The Labute approximate surface area is 124 Å². The van der Waals surface area contributed by atoms with Crippen molar-refractivity contribution in [2.24, 2.45) is 0 Å². The highest BCUT2D eigenvalue weighted by atomic mass is 79.9. The molecule has 0 atom stereocenters. The van der Waals surface area contributed by atoms with Crippen molar-refractivity contribution in [1.82, 2.24) is 4.98 Å². The lowest BCUT2D eigenvalue weighted by molar-refractivity contribution is 0.102. The number of hydrogen-bond donors (Lipinski definition) is 1. The number of carbonyl (C=O) groups excluding carboxylic acids is 1. The minimum absolute atomic E-state index is 0.184. The topological polar surface area (TPSA) is 42.0 Å². The SMILES string of the molecule is O=C(Nc1c(F)cc(Br)cc1F)c1cccnc1Br. The van der Waals surface area contributed by atoms with Crippen molar-refractivity contribution in [2.75, 3.05) is 5.32 Å². The van der Waals surface area contributed by atoms with Gasteiger partial charge >= 0.3 is 0 Å². The van der Waals surface area contributed by atoms with Gasteiger partial charge in [-0.3, -0.25) is 4.79 Å². The molecule has 0 radical (unpaired) electrons. The number of anilines is 1. The number of amides is 1. The van der Waals surface area contributed by atoms with E-state index < -0.39 is 23.2 Å². The maximum Gasteiger partial charge on any atom is 0.258 e. The Morgan fingerprint density at radius 1 is 1.21 bits per heavy atom. The number of halogens is 4. The van der Waals surface area contributed by atoms with E-state index in [1.54, 1.807) is 6.07 Å². The summed E-state index contributed by atoms with van der Waals surface area (Å²) in [4.78, 5) is 15.8. The van der Waals surface area contributed by atoms with E-state index in [-0.39, 0.29) is 10.0 Å². The van der Waals surface area contributed by atoms with Crippen LogP contribution in [0.2, 0.25) is 0 Å². The van der Waals surface area contributed by atoms with Gasteiger partial charge in [0, 0.05) is 10.7 Å². The Balaban J connectivity index is 2.32. The molecule has 0 aliphatic heterocycles. The largest absolute Gasteiger partial charge is 0.317 e. The van der Waals surface area contributed by atoms with E-state index in [1.165, 1.54) is 12.3 Å². The molecule has 1 heterocycles. The van der Waals surface area contributed by atoms with Crippen LogP contribution in [0.15, 0.2) is 39.5 Å². The molecular formula is C12H6Br2F2N2O. The maximum atomic E-state index is 13.6. The zero-order valence-electron chi connectivity index (χ0n) is 9.25. The second-order valence-electron chi connectivity index (χ2n) is 3.54. The van der Waals surface area contributed by atoms with Gasteiger partial charge in [-0.05, 0) is 40.2 Å². The van der Waals surface area contributed by atoms with Gasteiger partial charge in [0.25, 0.3) is 5.91 Å². The van der Waals surface area contributed by atoms with E-state index in [1.807, 2.05) is 0 Å². The summed E-state index contributed by atoms with van der Waals surface area (Å²) in [5, 5.41) is 2.18. The van der Waals surface area contributed by atoms with Crippen molar-refractivity contribution in [3.63, 3.8) is 0 Å². The number of nitrogens with one attached hydrogen (secondary N) is 1. The lowest BCUT2D eigenvalue weighted by Gasteiger charge is -2.08. The number of pyridine rings is 1. The molecule has 0 bridgehead atoms. The van der Waals surface area contributed by atoms with Crippen LogP contribution in [-0.4, -0.2) is 10.9 Å². The van der Waals surface area contributed by atoms with Crippen molar-refractivity contribution in [3.05, 3.63) is 56.7 Å². The van der Waals surface area contributed by atoms with Gasteiger partial charge in [-0.2, -0.15) is 0 Å². The Morgan fingerprint density at radius 2 is 1.84 bits per heavy atom. The Kier molecular flexibility index (Phi) is 4.26. The van der Waals surface area contributed by atoms with Gasteiger partial charge in [0.1, 0.15) is 10.3 Å². The molecule has 3 nitrogen and oxygen atoms in total. The maximum absolute atomic E-state index is 13.6. The van der Waals surface area contributed by atoms with E-state index in [0.717, 1.165) is 12.1 Å². The third kappa shape index (κ3) is 3.16. The van der Waals surface area contributed by atoms with E-state index in [9.17, 15) is 13.6 Å². The number of carbonyl (C=O) groups is 1. The lowest BCUT2D eigenvalue weighted by atomic mass is 10.2. The summed E-state index contributed by atoms with van der Waals surface area (Å²) in [5.74, 6) is -2.37. The lowest BCUT2D eigenvalue weighted by Crippen LogP contribution is -2.15. The fourth-order valence-electron chi connectivity index (χ4n) is 1.40. The van der Waals surface area contributed by atoms with E-state index in [2.05, 4.69) is 42.2 Å². The number of rotatable bonds is 2. The fraction of sp³-hybridized carbons (Fsp3) is 0. The quantitative estimate of drug-likeness (QED) is 0.782. The van der Waals surface area contributed by atoms with Crippen molar-refractivity contribution in [3.8, 4) is 0 Å². The predicted molar refractivity (Wildman–Crippen MR) is 73.9 cm³/mol. The Hall–Kier alpha value is -1.34. The molecule has 0 spiro atoms. The number of aromatic nitrogens is 1. The highest BCUT2D eigenvalue weighted by molar-refractivity contribution is 9.10. The molecule has 1 aromatic heterocycles. The van der Waals surface area contributed by atoms with Crippen molar-refractivity contribution in [2.45, 2.75) is 0 Å². The molecule has 0 fully saturated rings. The monoisotopic (exact) mass is 390 g/mol. The summed E-state index contributed by atoms with van der Waals surface area (Å²) in [6.07, 6.45) is 1.49. The standard InChI is InChI=1S/C12H6Br2F2N2O/c13-6-4-8(15)10(9(16)5-6)18-12(19)7-2-1-3-17-11(7)14/h1-5H,(H,18,19). The molecule has 0 saturated heterocycles. The van der Waals surface area contributed by atoms with Crippen LogP contribution in [0.1, 0.15) is 10.4 Å². The van der Waals surface area contributed by atoms with Crippen molar-refractivity contribution in [1.29, 1.82) is 0 Å². The molecule has 98 valence electrons. The molecule has 0 unspecified atom stereocenters. The van der Waals surface area contributed by atoms with Crippen LogP contribution in [0.25, 0.3) is 0 Å². The molecular weight excluding hydrogens is 386 g/mol. The molecule has 0 aliphatic rings. The summed E-state index contributed by atoms with van der Waals surface area (Å²) in [6, 6.07) is 5.17. The predicted octanol–water partition coefficient (Wildman–Crippen LogP) is 4.14. The first kappa shape index (κ1) is 14.1. The number of benzene rings is 1. The average Bonchev–Trinajstić information content (AvgIpc) is 2.34. The van der Waals surface area contributed by atoms with Gasteiger partial charge in [-0.15, -0.1) is 0 Å². The van der Waals surface area contributed by atoms with Crippen LogP contribution >= 0.6 is 31.9 Å². The highest BCUT2D eigenvalue weighted by Crippen LogP contribution is 2.25. The normalized spacial score (nSPS) is 10.3. The zero-order chi connectivity index (χ0) is 14.0. The fourth-order valence-corrected chi connectivity index (χ4v) is 2.23. The van der Waals surface area contributed by atoms with Crippen molar-refractivity contribution < 1.29 is 13.6 Å². The summed E-state index contributed by atoms with van der Waals surface area (Å²) >= 11 is 6.05. The summed E-state index contributed by atoms with van der Waals surface area (Å²) in [7, 11) is 0. The third-order valence-corrected chi connectivity index (χ3v) is 3.34. The van der Waals surface area contributed by atoms with Gasteiger partial charge in [0.2, 0.25) is 0 Å². The molecule has 7 heteroatoms. The Bertz CT molecular complexity index is 626. The minimum Gasteiger partial charge on any atom is -0.317 e. The molecule has 0 saturated carbocycles. The van der Waals surface area contributed by atoms with Crippen LogP contribution in [-0.2, 0) is 0 Å². The van der Waals surface area contributed by atoms with E-state index in [0.29, 0.717) is 4.60 Å².